The van der Waals surface area contributed by atoms with Gasteiger partial charge in [-0.1, -0.05) is 29.8 Å². The molecule has 0 amide bonds. The summed E-state index contributed by atoms with van der Waals surface area (Å²) in [6.45, 7) is 2.09. The fraction of sp³-hybridized carbons (Fsp3) is 0.167. The van der Waals surface area contributed by atoms with E-state index in [1.54, 1.807) is 0 Å². The van der Waals surface area contributed by atoms with Crippen LogP contribution in [0.2, 0.25) is 4.34 Å². The van der Waals surface area contributed by atoms with Gasteiger partial charge >= 0.3 is 0 Å². The second kappa shape index (κ2) is 5.78. The van der Waals surface area contributed by atoms with Gasteiger partial charge in [0, 0.05) is 12.9 Å². The molecule has 0 radical (unpaired) electrons. The summed E-state index contributed by atoms with van der Waals surface area (Å²) in [5.41, 5.74) is 2.38. The van der Waals surface area contributed by atoms with Crippen LogP contribution in [0, 0.1) is 10.5 Å². The maximum atomic E-state index is 6.52. The first-order chi connectivity index (χ1) is 8.00. The summed E-state index contributed by atoms with van der Waals surface area (Å²) in [5.74, 6) is 0. The van der Waals surface area contributed by atoms with E-state index in [1.165, 1.54) is 20.5 Å². The topological polar surface area (TPSA) is 0 Å². The van der Waals surface area contributed by atoms with Gasteiger partial charge in [-0.05, 0) is 62.6 Å². The molecule has 5 heteroatoms. The number of aryl methyl sites for hydroxylation is 1. The summed E-state index contributed by atoms with van der Waals surface area (Å²) >= 11 is 19.8. The number of hydrogen-bond acceptors (Lipinski definition) is 1. The van der Waals surface area contributed by atoms with Crippen molar-refractivity contribution in [2.24, 2.45) is 0 Å². The van der Waals surface area contributed by atoms with Crippen LogP contribution in [0.1, 0.15) is 21.4 Å². The lowest BCUT2D eigenvalue weighted by atomic mass is 10.1. The molecule has 0 saturated heterocycles. The molecule has 90 valence electrons. The van der Waals surface area contributed by atoms with Gasteiger partial charge in [-0.2, -0.15) is 0 Å². The highest BCUT2D eigenvalue weighted by molar-refractivity contribution is 14.1. The standard InChI is InChI=1S/C12H8BrCl2IS/c1-6-3-2-4-7(11(6)16)10(14)9-5-8(13)12(15)17-9/h2-5,10H,1H3. The predicted molar refractivity (Wildman–Crippen MR) is 88.6 cm³/mol. The molecule has 0 saturated carbocycles. The van der Waals surface area contributed by atoms with Crippen LogP contribution in [-0.2, 0) is 0 Å². The molecule has 0 nitrogen and oxygen atoms in total. The van der Waals surface area contributed by atoms with Gasteiger partial charge in [-0.3, -0.25) is 0 Å². The third kappa shape index (κ3) is 3.00. The molecule has 2 aromatic rings. The summed E-state index contributed by atoms with van der Waals surface area (Å²) in [6, 6.07) is 8.18. The van der Waals surface area contributed by atoms with Crippen LogP contribution < -0.4 is 0 Å². The van der Waals surface area contributed by atoms with Gasteiger partial charge in [0.2, 0.25) is 0 Å². The van der Waals surface area contributed by atoms with E-state index in [2.05, 4.69) is 57.6 Å². The monoisotopic (exact) mass is 460 g/mol. The van der Waals surface area contributed by atoms with Gasteiger partial charge in [0.25, 0.3) is 0 Å². The number of hydrogen-bond donors (Lipinski definition) is 0. The Labute approximate surface area is 137 Å². The molecular weight excluding hydrogens is 454 g/mol. The molecule has 1 unspecified atom stereocenters. The number of halogens is 4. The largest absolute Gasteiger partial charge is 0.125 e. The Kier molecular flexibility index (Phi) is 4.80. The highest BCUT2D eigenvalue weighted by atomic mass is 127. The Hall–Kier alpha value is 0.710. The van der Waals surface area contributed by atoms with Crippen molar-refractivity contribution in [3.8, 4) is 0 Å². The molecule has 1 atom stereocenters. The summed E-state index contributed by atoms with van der Waals surface area (Å²) in [7, 11) is 0. The first-order valence-electron chi connectivity index (χ1n) is 4.84. The summed E-state index contributed by atoms with van der Waals surface area (Å²) in [6.07, 6.45) is 0. The first-order valence-corrected chi connectivity index (χ1v) is 8.34. The predicted octanol–water partition coefficient (Wildman–Crippen LogP) is 6.41. The van der Waals surface area contributed by atoms with E-state index < -0.39 is 0 Å². The lowest BCUT2D eigenvalue weighted by Crippen LogP contribution is -1.95. The molecule has 2 rings (SSSR count). The Bertz CT molecular complexity index is 534. The Morgan fingerprint density at radius 1 is 1.41 bits per heavy atom. The van der Waals surface area contributed by atoms with Crippen LogP contribution in [-0.4, -0.2) is 0 Å². The summed E-state index contributed by atoms with van der Waals surface area (Å²) in [4.78, 5) is 1.06. The molecule has 0 aliphatic rings. The molecule has 17 heavy (non-hydrogen) atoms. The summed E-state index contributed by atoms with van der Waals surface area (Å²) < 4.78 is 2.87. The number of thiophene rings is 1. The molecule has 0 fully saturated rings. The SMILES string of the molecule is Cc1cccc(C(Cl)c2cc(Br)c(Cl)s2)c1I. The van der Waals surface area contributed by atoms with Crippen molar-refractivity contribution < 1.29 is 0 Å². The zero-order chi connectivity index (χ0) is 12.6. The van der Waals surface area contributed by atoms with Crippen molar-refractivity contribution in [3.63, 3.8) is 0 Å². The molecule has 1 aromatic carbocycles. The van der Waals surface area contributed by atoms with E-state index in [-0.39, 0.29) is 5.38 Å². The maximum Gasteiger partial charge on any atom is 0.107 e. The van der Waals surface area contributed by atoms with E-state index in [0.717, 1.165) is 19.2 Å². The average molecular weight is 462 g/mol. The second-order valence-electron chi connectivity index (χ2n) is 3.61. The van der Waals surface area contributed by atoms with Crippen molar-refractivity contribution in [2.75, 3.05) is 0 Å². The lowest BCUT2D eigenvalue weighted by Gasteiger charge is -2.11. The van der Waals surface area contributed by atoms with Gasteiger partial charge in [0.15, 0.2) is 0 Å². The maximum absolute atomic E-state index is 6.52. The van der Waals surface area contributed by atoms with E-state index in [0.29, 0.717) is 0 Å². The van der Waals surface area contributed by atoms with Gasteiger partial charge in [0.05, 0.1) is 5.38 Å². The zero-order valence-electron chi connectivity index (χ0n) is 8.81. The minimum Gasteiger partial charge on any atom is -0.125 e. The van der Waals surface area contributed by atoms with E-state index in [1.807, 2.05) is 12.1 Å². The minimum atomic E-state index is -0.143. The van der Waals surface area contributed by atoms with Crippen molar-refractivity contribution >= 4 is 73.1 Å². The molecule has 0 aliphatic carbocycles. The lowest BCUT2D eigenvalue weighted by molar-refractivity contribution is 1.15. The summed E-state index contributed by atoms with van der Waals surface area (Å²) in [5, 5.41) is -0.143. The van der Waals surface area contributed by atoms with Crippen molar-refractivity contribution in [1.82, 2.24) is 0 Å². The van der Waals surface area contributed by atoms with Crippen LogP contribution in [0.4, 0.5) is 0 Å². The zero-order valence-corrected chi connectivity index (χ0v) is 14.9. The Morgan fingerprint density at radius 3 is 2.71 bits per heavy atom. The quantitative estimate of drug-likeness (QED) is 0.358. The van der Waals surface area contributed by atoms with Gasteiger partial charge in [-0.15, -0.1) is 22.9 Å². The Morgan fingerprint density at radius 2 is 2.12 bits per heavy atom. The van der Waals surface area contributed by atoms with Crippen LogP contribution in [0.15, 0.2) is 28.7 Å². The molecular formula is C12H8BrCl2IS. The van der Waals surface area contributed by atoms with Crippen LogP contribution >= 0.6 is 73.1 Å². The molecule has 0 spiro atoms. The Balaban J connectivity index is 2.43. The highest BCUT2D eigenvalue weighted by Gasteiger charge is 2.18. The van der Waals surface area contributed by atoms with E-state index in [4.69, 9.17) is 23.2 Å². The molecule has 1 aromatic heterocycles. The molecule has 1 heterocycles. The van der Waals surface area contributed by atoms with Crippen LogP contribution in [0.5, 0.6) is 0 Å². The van der Waals surface area contributed by atoms with Crippen LogP contribution in [0.25, 0.3) is 0 Å². The normalized spacial score (nSPS) is 12.8. The van der Waals surface area contributed by atoms with Crippen molar-refractivity contribution in [3.05, 3.63) is 52.6 Å². The fourth-order valence-electron chi connectivity index (χ4n) is 1.51. The van der Waals surface area contributed by atoms with E-state index in [9.17, 15) is 0 Å². The number of alkyl halides is 1. The average Bonchev–Trinajstić information content (AvgIpc) is 2.62. The number of benzene rings is 1. The van der Waals surface area contributed by atoms with Crippen molar-refractivity contribution in [1.29, 1.82) is 0 Å². The number of rotatable bonds is 2. The smallest absolute Gasteiger partial charge is 0.107 e. The first kappa shape index (κ1) is 14.1. The van der Waals surface area contributed by atoms with Crippen molar-refractivity contribution in [2.45, 2.75) is 12.3 Å². The molecule has 0 bridgehead atoms. The fourth-order valence-corrected chi connectivity index (χ4v) is 4.47. The van der Waals surface area contributed by atoms with Gasteiger partial charge in [-0.25, -0.2) is 0 Å². The third-order valence-electron chi connectivity index (χ3n) is 2.41. The molecule has 0 N–H and O–H groups in total. The minimum absolute atomic E-state index is 0.143. The third-order valence-corrected chi connectivity index (χ3v) is 7.02. The van der Waals surface area contributed by atoms with Crippen LogP contribution in [0.3, 0.4) is 0 Å². The molecule has 0 aliphatic heterocycles. The second-order valence-corrected chi connectivity index (χ2v) is 7.67. The van der Waals surface area contributed by atoms with Gasteiger partial charge in [0.1, 0.15) is 4.34 Å². The van der Waals surface area contributed by atoms with E-state index >= 15 is 0 Å². The highest BCUT2D eigenvalue weighted by Crippen LogP contribution is 2.41. The van der Waals surface area contributed by atoms with Gasteiger partial charge < -0.3 is 0 Å².